The molecule has 4 heteroatoms. The Bertz CT molecular complexity index is 542. The molecule has 1 aromatic heterocycles. The monoisotopic (exact) mass is 259 g/mol. The maximum absolute atomic E-state index is 13.1. The third-order valence-electron chi connectivity index (χ3n) is 2.88. The van der Waals surface area contributed by atoms with E-state index in [9.17, 15) is 4.39 Å². The lowest BCUT2D eigenvalue weighted by molar-refractivity contribution is 0.314. The summed E-state index contributed by atoms with van der Waals surface area (Å²) in [4.78, 5) is 6.44. The highest BCUT2D eigenvalue weighted by atomic mass is 19.1. The highest BCUT2D eigenvalue weighted by Gasteiger charge is 2.04. The summed E-state index contributed by atoms with van der Waals surface area (Å²) in [5, 5.41) is 3.09. The number of nitrogens with zero attached hydrogens (tertiary/aromatic N) is 2. The fourth-order valence-electron chi connectivity index (χ4n) is 2.00. The van der Waals surface area contributed by atoms with Crippen LogP contribution in [0.5, 0.6) is 0 Å². The van der Waals surface area contributed by atoms with Gasteiger partial charge < -0.3 is 5.32 Å². The molecule has 0 saturated heterocycles. The third kappa shape index (κ3) is 4.03. The van der Waals surface area contributed by atoms with Gasteiger partial charge in [-0.1, -0.05) is 12.1 Å². The predicted octanol–water partition coefficient (Wildman–Crippen LogP) is 2.89. The highest BCUT2D eigenvalue weighted by molar-refractivity contribution is 5.42. The minimum absolute atomic E-state index is 0.193. The van der Waals surface area contributed by atoms with Crippen molar-refractivity contribution in [3.8, 4) is 0 Å². The summed E-state index contributed by atoms with van der Waals surface area (Å²) < 4.78 is 13.1. The van der Waals surface area contributed by atoms with E-state index in [1.54, 1.807) is 18.3 Å². The topological polar surface area (TPSA) is 28.2 Å². The van der Waals surface area contributed by atoms with Crippen molar-refractivity contribution in [1.29, 1.82) is 0 Å². The first-order valence-electron chi connectivity index (χ1n) is 6.23. The Hall–Kier alpha value is -1.94. The summed E-state index contributed by atoms with van der Waals surface area (Å²) in [5.41, 5.74) is 3.00. The number of pyridine rings is 1. The number of nitrogens with one attached hydrogen (secondary N) is 1. The number of aromatic nitrogens is 1. The van der Waals surface area contributed by atoms with Crippen LogP contribution in [0, 0.1) is 5.82 Å². The van der Waals surface area contributed by atoms with E-state index in [-0.39, 0.29) is 5.82 Å². The summed E-state index contributed by atoms with van der Waals surface area (Å²) in [6, 6.07) is 10.6. The summed E-state index contributed by atoms with van der Waals surface area (Å²) in [6.45, 7) is 1.43. The van der Waals surface area contributed by atoms with Gasteiger partial charge in [0.05, 0.1) is 5.69 Å². The standard InChI is InChI=1S/C15H18FN3/c1-17-14-6-7-18-15(9-14)11-19(2)10-12-4-3-5-13(16)8-12/h3-9H,10-11H2,1-2H3,(H,17,18). The molecule has 0 atom stereocenters. The molecular formula is C15H18FN3. The normalized spacial score (nSPS) is 10.7. The zero-order valence-electron chi connectivity index (χ0n) is 11.2. The first kappa shape index (κ1) is 13.5. The Kier molecular flexibility index (Phi) is 4.47. The molecular weight excluding hydrogens is 241 g/mol. The third-order valence-corrected chi connectivity index (χ3v) is 2.88. The van der Waals surface area contributed by atoms with Crippen LogP contribution in [0.2, 0.25) is 0 Å². The van der Waals surface area contributed by atoms with Crippen molar-refractivity contribution >= 4 is 5.69 Å². The number of benzene rings is 1. The lowest BCUT2D eigenvalue weighted by Gasteiger charge is -2.16. The van der Waals surface area contributed by atoms with Gasteiger partial charge in [-0.3, -0.25) is 9.88 Å². The average Bonchev–Trinajstić information content (AvgIpc) is 2.38. The van der Waals surface area contributed by atoms with E-state index in [1.807, 2.05) is 32.3 Å². The van der Waals surface area contributed by atoms with Gasteiger partial charge in [0.25, 0.3) is 0 Å². The van der Waals surface area contributed by atoms with Gasteiger partial charge >= 0.3 is 0 Å². The fourth-order valence-corrected chi connectivity index (χ4v) is 2.00. The van der Waals surface area contributed by atoms with E-state index in [4.69, 9.17) is 0 Å². The molecule has 0 aliphatic rings. The van der Waals surface area contributed by atoms with E-state index in [1.165, 1.54) is 6.07 Å². The van der Waals surface area contributed by atoms with Crippen molar-refractivity contribution in [2.75, 3.05) is 19.4 Å². The fraction of sp³-hybridized carbons (Fsp3) is 0.267. The van der Waals surface area contributed by atoms with Crippen LogP contribution in [0.4, 0.5) is 10.1 Å². The molecule has 0 spiro atoms. The molecule has 1 aromatic carbocycles. The lowest BCUT2D eigenvalue weighted by atomic mass is 10.2. The Morgan fingerprint density at radius 3 is 2.79 bits per heavy atom. The molecule has 2 rings (SSSR count). The van der Waals surface area contributed by atoms with Crippen molar-refractivity contribution in [3.63, 3.8) is 0 Å². The molecule has 3 nitrogen and oxygen atoms in total. The van der Waals surface area contributed by atoms with Gasteiger partial charge in [-0.05, 0) is 36.9 Å². The summed E-state index contributed by atoms with van der Waals surface area (Å²) in [6.07, 6.45) is 1.79. The number of hydrogen-bond acceptors (Lipinski definition) is 3. The molecule has 0 radical (unpaired) electrons. The summed E-state index contributed by atoms with van der Waals surface area (Å²) in [7, 11) is 3.88. The molecule has 1 heterocycles. The van der Waals surface area contributed by atoms with E-state index in [2.05, 4.69) is 15.2 Å². The lowest BCUT2D eigenvalue weighted by Crippen LogP contribution is -2.18. The molecule has 100 valence electrons. The largest absolute Gasteiger partial charge is 0.388 e. The molecule has 0 aliphatic carbocycles. The molecule has 0 unspecified atom stereocenters. The first-order chi connectivity index (χ1) is 9.17. The van der Waals surface area contributed by atoms with Crippen LogP contribution in [0.3, 0.4) is 0 Å². The van der Waals surface area contributed by atoms with Gasteiger partial charge in [-0.15, -0.1) is 0 Å². The van der Waals surface area contributed by atoms with Crippen molar-refractivity contribution in [3.05, 3.63) is 59.7 Å². The molecule has 0 amide bonds. The van der Waals surface area contributed by atoms with Crippen molar-refractivity contribution in [2.45, 2.75) is 13.1 Å². The molecule has 2 aromatic rings. The van der Waals surface area contributed by atoms with Crippen LogP contribution < -0.4 is 5.32 Å². The van der Waals surface area contributed by atoms with Crippen LogP contribution in [-0.4, -0.2) is 24.0 Å². The maximum Gasteiger partial charge on any atom is 0.123 e. The molecule has 0 aliphatic heterocycles. The smallest absolute Gasteiger partial charge is 0.123 e. The number of anilines is 1. The number of rotatable bonds is 5. The quantitative estimate of drug-likeness (QED) is 0.895. The molecule has 0 saturated carbocycles. The predicted molar refractivity (Wildman–Crippen MR) is 75.4 cm³/mol. The molecule has 0 bridgehead atoms. The van der Waals surface area contributed by atoms with Crippen LogP contribution >= 0.6 is 0 Å². The van der Waals surface area contributed by atoms with Gasteiger partial charge in [0.15, 0.2) is 0 Å². The highest BCUT2D eigenvalue weighted by Crippen LogP contribution is 2.11. The van der Waals surface area contributed by atoms with Gasteiger partial charge in [-0.25, -0.2) is 4.39 Å². The Morgan fingerprint density at radius 1 is 1.21 bits per heavy atom. The van der Waals surface area contributed by atoms with Crippen molar-refractivity contribution in [2.24, 2.45) is 0 Å². The molecule has 1 N–H and O–H groups in total. The zero-order valence-corrected chi connectivity index (χ0v) is 11.2. The van der Waals surface area contributed by atoms with Gasteiger partial charge in [0.2, 0.25) is 0 Å². The number of hydrogen-bond donors (Lipinski definition) is 1. The second kappa shape index (κ2) is 6.29. The van der Waals surface area contributed by atoms with Gasteiger partial charge in [-0.2, -0.15) is 0 Å². The maximum atomic E-state index is 13.1. The Morgan fingerprint density at radius 2 is 2.05 bits per heavy atom. The Balaban J connectivity index is 1.98. The molecule has 19 heavy (non-hydrogen) atoms. The van der Waals surface area contributed by atoms with E-state index in [0.29, 0.717) is 6.54 Å². The second-order valence-electron chi connectivity index (χ2n) is 4.59. The van der Waals surface area contributed by atoms with E-state index >= 15 is 0 Å². The second-order valence-corrected chi connectivity index (χ2v) is 4.59. The first-order valence-corrected chi connectivity index (χ1v) is 6.23. The van der Waals surface area contributed by atoms with Crippen molar-refractivity contribution in [1.82, 2.24) is 9.88 Å². The average molecular weight is 259 g/mol. The van der Waals surface area contributed by atoms with Crippen LogP contribution in [0.25, 0.3) is 0 Å². The van der Waals surface area contributed by atoms with Gasteiger partial charge in [0.1, 0.15) is 5.82 Å². The minimum Gasteiger partial charge on any atom is -0.388 e. The van der Waals surface area contributed by atoms with Crippen molar-refractivity contribution < 1.29 is 4.39 Å². The summed E-state index contributed by atoms with van der Waals surface area (Å²) in [5.74, 6) is -0.193. The Labute approximate surface area is 113 Å². The van der Waals surface area contributed by atoms with Crippen LogP contribution in [-0.2, 0) is 13.1 Å². The number of halogens is 1. The molecule has 0 fully saturated rings. The summed E-state index contributed by atoms with van der Waals surface area (Å²) >= 11 is 0. The van der Waals surface area contributed by atoms with E-state index in [0.717, 1.165) is 23.5 Å². The van der Waals surface area contributed by atoms with Gasteiger partial charge in [0, 0.05) is 32.0 Å². The van der Waals surface area contributed by atoms with E-state index < -0.39 is 0 Å². The SMILES string of the molecule is CNc1ccnc(CN(C)Cc2cccc(F)c2)c1. The zero-order chi connectivity index (χ0) is 13.7. The van der Waals surface area contributed by atoms with Crippen LogP contribution in [0.15, 0.2) is 42.6 Å². The minimum atomic E-state index is -0.193. The van der Waals surface area contributed by atoms with Crippen LogP contribution in [0.1, 0.15) is 11.3 Å².